The van der Waals surface area contributed by atoms with Gasteiger partial charge in [0.1, 0.15) is 5.56 Å². The molecule has 18 heavy (non-hydrogen) atoms. The van der Waals surface area contributed by atoms with Gasteiger partial charge in [-0.1, -0.05) is 23.7 Å². The number of nitro benzene ring substituents is 1. The van der Waals surface area contributed by atoms with Crippen molar-refractivity contribution >= 4 is 34.4 Å². The van der Waals surface area contributed by atoms with E-state index >= 15 is 0 Å². The van der Waals surface area contributed by atoms with Crippen LogP contribution in [0.15, 0.2) is 35.7 Å². The van der Waals surface area contributed by atoms with E-state index in [1.54, 1.807) is 0 Å². The highest BCUT2D eigenvalue weighted by Crippen LogP contribution is 2.28. The molecule has 92 valence electrons. The van der Waals surface area contributed by atoms with Gasteiger partial charge in [0.2, 0.25) is 0 Å². The van der Waals surface area contributed by atoms with Crippen molar-refractivity contribution in [1.29, 1.82) is 0 Å². The highest BCUT2D eigenvalue weighted by Gasteiger charge is 2.23. The molecule has 0 radical (unpaired) electrons. The second-order valence-corrected chi connectivity index (χ2v) is 5.01. The van der Waals surface area contributed by atoms with Crippen LogP contribution in [0.4, 0.5) is 5.69 Å². The average molecular weight is 282 g/mol. The molecule has 0 atom stereocenters. The molecule has 0 bridgehead atoms. The Morgan fingerprint density at radius 1 is 1.33 bits per heavy atom. The summed E-state index contributed by atoms with van der Waals surface area (Å²) in [6.45, 7) is 0. The minimum absolute atomic E-state index is 0.0161. The first kappa shape index (κ1) is 12.7. The number of benzene rings is 1. The van der Waals surface area contributed by atoms with Gasteiger partial charge in [0.25, 0.3) is 5.69 Å². The van der Waals surface area contributed by atoms with Crippen LogP contribution in [0.1, 0.15) is 15.2 Å². The van der Waals surface area contributed by atoms with Crippen molar-refractivity contribution < 1.29 is 9.72 Å². The van der Waals surface area contributed by atoms with Crippen molar-refractivity contribution in [3.05, 3.63) is 61.3 Å². The molecule has 6 heteroatoms. The van der Waals surface area contributed by atoms with Gasteiger partial charge < -0.3 is 0 Å². The second kappa shape index (κ2) is 5.29. The lowest BCUT2D eigenvalue weighted by Crippen LogP contribution is -2.07. The van der Waals surface area contributed by atoms with E-state index in [1.807, 2.05) is 17.5 Å². The highest BCUT2D eigenvalue weighted by molar-refractivity contribution is 7.10. The third-order valence-corrected chi connectivity index (χ3v) is 3.57. The molecule has 1 aromatic carbocycles. The summed E-state index contributed by atoms with van der Waals surface area (Å²) < 4.78 is 0. The second-order valence-electron chi connectivity index (χ2n) is 3.57. The molecule has 0 aliphatic rings. The first-order valence-corrected chi connectivity index (χ1v) is 6.34. The van der Waals surface area contributed by atoms with E-state index in [0.29, 0.717) is 0 Å². The Labute approximate surface area is 112 Å². The lowest BCUT2D eigenvalue weighted by molar-refractivity contribution is -0.385. The van der Waals surface area contributed by atoms with Crippen molar-refractivity contribution in [2.45, 2.75) is 6.42 Å². The monoisotopic (exact) mass is 281 g/mol. The summed E-state index contributed by atoms with van der Waals surface area (Å²) in [4.78, 5) is 23.2. The fourth-order valence-electron chi connectivity index (χ4n) is 1.60. The summed E-state index contributed by atoms with van der Waals surface area (Å²) in [5, 5.41) is 12.8. The molecule has 0 aliphatic carbocycles. The van der Waals surface area contributed by atoms with Crippen LogP contribution >= 0.6 is 22.9 Å². The summed E-state index contributed by atoms with van der Waals surface area (Å²) in [6, 6.07) is 7.87. The maximum atomic E-state index is 12.1. The predicted molar refractivity (Wildman–Crippen MR) is 70.5 cm³/mol. The first-order chi connectivity index (χ1) is 8.59. The summed E-state index contributed by atoms with van der Waals surface area (Å²) in [7, 11) is 0. The van der Waals surface area contributed by atoms with Crippen LogP contribution in [0, 0.1) is 10.1 Å². The number of carbonyl (C=O) groups excluding carboxylic acids is 1. The van der Waals surface area contributed by atoms with Gasteiger partial charge in [0, 0.05) is 17.4 Å². The molecular formula is C12H8ClNO3S. The molecule has 0 spiro atoms. The van der Waals surface area contributed by atoms with Gasteiger partial charge >= 0.3 is 0 Å². The Morgan fingerprint density at radius 2 is 2.11 bits per heavy atom. The summed E-state index contributed by atoms with van der Waals surface area (Å²) in [5.41, 5.74) is -0.262. The van der Waals surface area contributed by atoms with E-state index in [-0.39, 0.29) is 28.5 Å². The van der Waals surface area contributed by atoms with Crippen molar-refractivity contribution in [1.82, 2.24) is 0 Å². The maximum Gasteiger partial charge on any atom is 0.281 e. The van der Waals surface area contributed by atoms with Crippen LogP contribution < -0.4 is 0 Å². The number of rotatable bonds is 4. The van der Waals surface area contributed by atoms with Gasteiger partial charge in [-0.15, -0.1) is 11.3 Å². The van der Waals surface area contributed by atoms with Gasteiger partial charge in [-0.3, -0.25) is 14.9 Å². The topological polar surface area (TPSA) is 60.2 Å². The maximum absolute atomic E-state index is 12.1. The molecule has 0 saturated carbocycles. The van der Waals surface area contributed by atoms with E-state index in [1.165, 1.54) is 29.5 Å². The molecule has 0 aliphatic heterocycles. The summed E-state index contributed by atoms with van der Waals surface area (Å²) in [6.07, 6.45) is 0.127. The normalized spacial score (nSPS) is 10.3. The lowest BCUT2D eigenvalue weighted by atomic mass is 10.1. The Bertz CT molecular complexity index is 595. The largest absolute Gasteiger partial charge is 0.293 e. The number of hydrogen-bond donors (Lipinski definition) is 0. The Kier molecular flexibility index (Phi) is 3.74. The molecule has 0 N–H and O–H groups in total. The van der Waals surface area contributed by atoms with Crippen molar-refractivity contribution in [3.8, 4) is 0 Å². The average Bonchev–Trinajstić information content (AvgIpc) is 2.81. The molecular weight excluding hydrogens is 274 g/mol. The zero-order chi connectivity index (χ0) is 13.1. The minimum Gasteiger partial charge on any atom is -0.293 e. The standard InChI is InChI=1S/C12H8ClNO3S/c13-9-4-1-5-10(14(16)17)12(9)11(15)7-8-3-2-6-18-8/h1-6H,7H2. The number of carbonyl (C=O) groups is 1. The van der Waals surface area contributed by atoms with Crippen LogP contribution in [0.5, 0.6) is 0 Å². The Morgan fingerprint density at radius 3 is 2.72 bits per heavy atom. The Balaban J connectivity index is 2.38. The molecule has 1 heterocycles. The fraction of sp³-hybridized carbons (Fsp3) is 0.0833. The van der Waals surface area contributed by atoms with Gasteiger partial charge in [0.15, 0.2) is 5.78 Å². The fourth-order valence-corrected chi connectivity index (χ4v) is 2.58. The zero-order valence-corrected chi connectivity index (χ0v) is 10.7. The van der Waals surface area contributed by atoms with E-state index in [9.17, 15) is 14.9 Å². The van der Waals surface area contributed by atoms with Gasteiger partial charge in [-0.2, -0.15) is 0 Å². The van der Waals surface area contributed by atoms with Crippen LogP contribution in [0.3, 0.4) is 0 Å². The molecule has 2 rings (SSSR count). The quantitative estimate of drug-likeness (QED) is 0.487. The Hall–Kier alpha value is -1.72. The predicted octanol–water partition coefficient (Wildman–Crippen LogP) is 3.74. The van der Waals surface area contributed by atoms with Crippen molar-refractivity contribution in [2.24, 2.45) is 0 Å². The number of nitrogens with zero attached hydrogens (tertiary/aromatic N) is 1. The summed E-state index contributed by atoms with van der Waals surface area (Å²) in [5.74, 6) is -0.338. The van der Waals surface area contributed by atoms with Crippen LogP contribution in [-0.2, 0) is 6.42 Å². The van der Waals surface area contributed by atoms with Gasteiger partial charge in [-0.25, -0.2) is 0 Å². The third kappa shape index (κ3) is 2.57. The molecule has 1 aromatic heterocycles. The number of ketones is 1. The van der Waals surface area contributed by atoms with Crippen LogP contribution in [0.2, 0.25) is 5.02 Å². The molecule has 4 nitrogen and oxygen atoms in total. The van der Waals surface area contributed by atoms with E-state index in [0.717, 1.165) is 4.88 Å². The molecule has 2 aromatic rings. The van der Waals surface area contributed by atoms with Gasteiger partial charge in [-0.05, 0) is 17.5 Å². The van der Waals surface area contributed by atoms with Crippen LogP contribution in [-0.4, -0.2) is 10.7 Å². The number of hydrogen-bond acceptors (Lipinski definition) is 4. The molecule has 0 unspecified atom stereocenters. The number of halogens is 1. The van der Waals surface area contributed by atoms with Crippen molar-refractivity contribution in [2.75, 3.05) is 0 Å². The molecule has 0 amide bonds. The third-order valence-electron chi connectivity index (χ3n) is 2.38. The highest BCUT2D eigenvalue weighted by atomic mass is 35.5. The minimum atomic E-state index is -0.590. The zero-order valence-electron chi connectivity index (χ0n) is 9.13. The number of nitro groups is 1. The van der Waals surface area contributed by atoms with E-state index in [2.05, 4.69) is 0 Å². The first-order valence-electron chi connectivity index (χ1n) is 5.08. The summed E-state index contributed by atoms with van der Waals surface area (Å²) >= 11 is 7.32. The smallest absolute Gasteiger partial charge is 0.281 e. The SMILES string of the molecule is O=C(Cc1cccs1)c1c(Cl)cccc1[N+](=O)[O-]. The molecule has 0 fully saturated rings. The lowest BCUT2D eigenvalue weighted by Gasteiger charge is -2.03. The molecule has 0 saturated heterocycles. The van der Waals surface area contributed by atoms with E-state index in [4.69, 9.17) is 11.6 Å². The number of thiophene rings is 1. The van der Waals surface area contributed by atoms with Crippen LogP contribution in [0.25, 0.3) is 0 Å². The van der Waals surface area contributed by atoms with E-state index < -0.39 is 4.92 Å². The van der Waals surface area contributed by atoms with Crippen molar-refractivity contribution in [3.63, 3.8) is 0 Å². The van der Waals surface area contributed by atoms with Gasteiger partial charge in [0.05, 0.1) is 9.95 Å². The number of Topliss-reactive ketones (excluding diaryl/α,β-unsaturated/α-hetero) is 1.